The highest BCUT2D eigenvalue weighted by molar-refractivity contribution is 5.82. The van der Waals surface area contributed by atoms with E-state index in [1.165, 1.54) is 0 Å². The summed E-state index contributed by atoms with van der Waals surface area (Å²) in [4.78, 5) is 26.2. The van der Waals surface area contributed by atoms with Crippen molar-refractivity contribution in [3.63, 3.8) is 0 Å². The van der Waals surface area contributed by atoms with Gasteiger partial charge in [-0.25, -0.2) is 0 Å². The van der Waals surface area contributed by atoms with Gasteiger partial charge in [-0.15, -0.1) is 0 Å². The fraction of sp³-hybridized carbons (Fsp3) is 0.556. The molecule has 2 atom stereocenters. The molecule has 5 heteroatoms. The summed E-state index contributed by atoms with van der Waals surface area (Å²) >= 11 is 0. The molecule has 1 heterocycles. The lowest BCUT2D eigenvalue weighted by atomic mass is 9.72. The summed E-state index contributed by atoms with van der Waals surface area (Å²) < 4.78 is 0. The average Bonchev–Trinajstić information content (AvgIpc) is 2.48. The van der Waals surface area contributed by atoms with Gasteiger partial charge in [0, 0.05) is 19.0 Å². The monoisotopic (exact) mass is 317 g/mol. The van der Waals surface area contributed by atoms with Gasteiger partial charge in [0.25, 0.3) is 0 Å². The van der Waals surface area contributed by atoms with Gasteiger partial charge < -0.3 is 15.1 Å². The number of aliphatic hydroxyl groups is 1. The highest BCUT2D eigenvalue weighted by Gasteiger charge is 2.50. The average molecular weight is 317 g/mol. The molecule has 1 aliphatic heterocycles. The predicted octanol–water partition coefficient (Wildman–Crippen LogP) is 1.69. The van der Waals surface area contributed by atoms with Gasteiger partial charge in [-0.05, 0) is 31.2 Å². The normalized spacial score (nSPS) is 28.2. The second kappa shape index (κ2) is 6.32. The van der Waals surface area contributed by atoms with Crippen LogP contribution in [0.1, 0.15) is 31.2 Å². The minimum absolute atomic E-state index is 0.0495. The third-order valence-corrected chi connectivity index (χ3v) is 5.34. The molecule has 2 N–H and O–H groups in total. The molecule has 0 bridgehead atoms. The van der Waals surface area contributed by atoms with E-state index >= 15 is 0 Å². The molecule has 1 aliphatic carbocycles. The van der Waals surface area contributed by atoms with Gasteiger partial charge in [-0.1, -0.05) is 36.8 Å². The van der Waals surface area contributed by atoms with Gasteiger partial charge in [-0.3, -0.25) is 9.59 Å². The van der Waals surface area contributed by atoms with Crippen LogP contribution in [0.2, 0.25) is 0 Å². The van der Waals surface area contributed by atoms with E-state index < -0.39 is 17.5 Å². The summed E-state index contributed by atoms with van der Waals surface area (Å²) in [6.07, 6.45) is 2.48. The second-order valence-electron chi connectivity index (χ2n) is 6.82. The first-order valence-electron chi connectivity index (χ1n) is 8.27. The molecule has 2 fully saturated rings. The number of likely N-dealkylation sites (tertiary alicyclic amines) is 1. The molecule has 1 saturated carbocycles. The molecule has 2 aliphatic rings. The van der Waals surface area contributed by atoms with Gasteiger partial charge in [0.05, 0.1) is 6.10 Å². The number of carbonyl (C=O) groups is 2. The number of aliphatic hydroxyl groups excluding tert-OH is 1. The molecule has 23 heavy (non-hydrogen) atoms. The Morgan fingerprint density at radius 3 is 2.43 bits per heavy atom. The number of hydrogen-bond acceptors (Lipinski definition) is 3. The molecule has 1 aromatic rings. The maximum absolute atomic E-state index is 12.5. The largest absolute Gasteiger partial charge is 0.481 e. The Bertz CT molecular complexity index is 584. The van der Waals surface area contributed by atoms with Crippen LogP contribution in [0.3, 0.4) is 0 Å². The van der Waals surface area contributed by atoms with E-state index in [-0.39, 0.29) is 24.8 Å². The summed E-state index contributed by atoms with van der Waals surface area (Å²) in [5.41, 5.74) is -0.453. The van der Waals surface area contributed by atoms with E-state index in [1.807, 2.05) is 30.3 Å². The van der Waals surface area contributed by atoms with Crippen molar-refractivity contribution < 1.29 is 19.8 Å². The topological polar surface area (TPSA) is 77.8 Å². The Hall–Kier alpha value is -1.88. The Balaban J connectivity index is 1.83. The summed E-state index contributed by atoms with van der Waals surface area (Å²) in [5.74, 6) is -0.921. The van der Waals surface area contributed by atoms with Crippen LogP contribution < -0.4 is 0 Å². The lowest BCUT2D eigenvalue weighted by Gasteiger charge is -2.45. The summed E-state index contributed by atoms with van der Waals surface area (Å²) in [5, 5.41) is 20.3. The molecular formula is C18H23NO4. The number of nitrogens with zero attached hydrogens (tertiary/aromatic N) is 1. The van der Waals surface area contributed by atoms with Crippen molar-refractivity contribution in [2.24, 2.45) is 11.3 Å². The Kier molecular flexibility index (Phi) is 4.39. The number of carboxylic acids is 1. The first-order valence-corrected chi connectivity index (χ1v) is 8.27. The van der Waals surface area contributed by atoms with Crippen molar-refractivity contribution in [3.05, 3.63) is 35.9 Å². The minimum Gasteiger partial charge on any atom is -0.481 e. The van der Waals surface area contributed by atoms with E-state index in [1.54, 1.807) is 4.90 Å². The van der Waals surface area contributed by atoms with Crippen LogP contribution in [0.15, 0.2) is 30.3 Å². The van der Waals surface area contributed by atoms with Crippen molar-refractivity contribution in [2.45, 2.75) is 38.2 Å². The van der Waals surface area contributed by atoms with Crippen LogP contribution in [0.4, 0.5) is 0 Å². The molecule has 1 amide bonds. The zero-order chi connectivity index (χ0) is 16.4. The Morgan fingerprint density at radius 2 is 1.87 bits per heavy atom. The molecule has 1 saturated heterocycles. The number of rotatable bonds is 4. The van der Waals surface area contributed by atoms with Gasteiger partial charge >= 0.3 is 5.97 Å². The minimum atomic E-state index is -1.32. The quantitative estimate of drug-likeness (QED) is 0.886. The van der Waals surface area contributed by atoms with Crippen molar-refractivity contribution in [1.29, 1.82) is 0 Å². The van der Waals surface area contributed by atoms with E-state index in [0.717, 1.165) is 24.8 Å². The lowest BCUT2D eigenvalue weighted by molar-refractivity contribution is -0.167. The first-order chi connectivity index (χ1) is 11.0. The van der Waals surface area contributed by atoms with Crippen LogP contribution in [0.25, 0.3) is 0 Å². The number of piperidine rings is 1. The molecule has 0 unspecified atom stereocenters. The molecule has 5 nitrogen and oxygen atoms in total. The summed E-state index contributed by atoms with van der Waals surface area (Å²) in [6, 6.07) is 9.32. The highest BCUT2D eigenvalue weighted by Crippen LogP contribution is 2.37. The van der Waals surface area contributed by atoms with E-state index in [9.17, 15) is 19.8 Å². The van der Waals surface area contributed by atoms with Crippen LogP contribution in [-0.2, 0) is 16.0 Å². The third kappa shape index (κ3) is 2.98. The van der Waals surface area contributed by atoms with Crippen molar-refractivity contribution in [3.8, 4) is 0 Å². The second-order valence-corrected chi connectivity index (χ2v) is 6.82. The molecule has 1 aromatic carbocycles. The lowest BCUT2D eigenvalue weighted by Crippen LogP contribution is -2.59. The predicted molar refractivity (Wildman–Crippen MR) is 84.8 cm³/mol. The molecular weight excluding hydrogens is 294 g/mol. The standard InChI is InChI=1S/C18H23NO4/c20-15-9-10-19(16(21)14-7-4-8-14)12-18(15,17(22)23)11-13-5-2-1-3-6-13/h1-3,5-6,14-15,20H,4,7-12H2,(H,22,23)/t15-,18-/m1/s1. The number of aliphatic carboxylic acids is 1. The maximum Gasteiger partial charge on any atom is 0.314 e. The first kappa shape index (κ1) is 16.0. The molecule has 0 radical (unpaired) electrons. The number of carboxylic acid groups (broad SMARTS) is 1. The van der Waals surface area contributed by atoms with Gasteiger partial charge in [-0.2, -0.15) is 0 Å². The third-order valence-electron chi connectivity index (χ3n) is 5.34. The fourth-order valence-electron chi connectivity index (χ4n) is 3.60. The summed E-state index contributed by atoms with van der Waals surface area (Å²) in [6.45, 7) is 0.536. The Labute approximate surface area is 135 Å². The van der Waals surface area contributed by atoms with Gasteiger partial charge in [0.15, 0.2) is 0 Å². The summed E-state index contributed by atoms with van der Waals surface area (Å²) in [7, 11) is 0. The van der Waals surface area contributed by atoms with Crippen molar-refractivity contribution in [2.75, 3.05) is 13.1 Å². The SMILES string of the molecule is O=C(C1CCC1)N1CC[C@@H](O)[C@](Cc2ccccc2)(C(=O)O)C1. The highest BCUT2D eigenvalue weighted by atomic mass is 16.4. The zero-order valence-corrected chi connectivity index (χ0v) is 13.1. The number of benzene rings is 1. The van der Waals surface area contributed by atoms with E-state index in [0.29, 0.717) is 13.0 Å². The Morgan fingerprint density at radius 1 is 1.17 bits per heavy atom. The zero-order valence-electron chi connectivity index (χ0n) is 13.1. The van der Waals surface area contributed by atoms with Crippen LogP contribution in [0, 0.1) is 11.3 Å². The maximum atomic E-state index is 12.5. The smallest absolute Gasteiger partial charge is 0.314 e. The molecule has 3 rings (SSSR count). The van der Waals surface area contributed by atoms with Gasteiger partial charge in [0.2, 0.25) is 5.91 Å². The van der Waals surface area contributed by atoms with Crippen molar-refractivity contribution >= 4 is 11.9 Å². The number of carbonyl (C=O) groups excluding carboxylic acids is 1. The number of hydrogen-bond donors (Lipinski definition) is 2. The molecule has 0 spiro atoms. The fourth-order valence-corrected chi connectivity index (χ4v) is 3.60. The van der Waals surface area contributed by atoms with Crippen molar-refractivity contribution in [1.82, 2.24) is 4.90 Å². The van der Waals surface area contributed by atoms with E-state index in [2.05, 4.69) is 0 Å². The van der Waals surface area contributed by atoms with E-state index in [4.69, 9.17) is 0 Å². The van der Waals surface area contributed by atoms with Crippen LogP contribution >= 0.6 is 0 Å². The number of amides is 1. The van der Waals surface area contributed by atoms with Gasteiger partial charge in [0.1, 0.15) is 5.41 Å². The van der Waals surface area contributed by atoms with Crippen LogP contribution in [-0.4, -0.2) is 46.2 Å². The molecule has 124 valence electrons. The molecule has 0 aromatic heterocycles. The van der Waals surface area contributed by atoms with Crippen LogP contribution in [0.5, 0.6) is 0 Å².